The molecule has 0 bridgehead atoms. The summed E-state index contributed by atoms with van der Waals surface area (Å²) in [6, 6.07) is -0.659. The first-order chi connectivity index (χ1) is 8.99. The molecule has 1 fully saturated rings. The zero-order valence-electron chi connectivity index (χ0n) is 13.1. The van der Waals surface area contributed by atoms with Crippen molar-refractivity contribution in [2.45, 2.75) is 52.1 Å². The van der Waals surface area contributed by atoms with Crippen LogP contribution in [-0.2, 0) is 14.3 Å². The molecule has 1 amide bonds. The number of carbonyl (C=O) groups excluding carboxylic acids is 2. The number of hydrogen-bond donors (Lipinski definition) is 0. The van der Waals surface area contributed by atoms with E-state index in [0.29, 0.717) is 0 Å². The molecule has 1 atom stereocenters. The van der Waals surface area contributed by atoms with Crippen molar-refractivity contribution in [3.8, 4) is 11.5 Å². The monoisotopic (exact) mass is 297 g/mol. The fourth-order valence-corrected chi connectivity index (χ4v) is 1.99. The summed E-state index contributed by atoms with van der Waals surface area (Å²) >= 11 is 0. The van der Waals surface area contributed by atoms with Crippen molar-refractivity contribution in [1.29, 1.82) is 0 Å². The van der Waals surface area contributed by atoms with E-state index in [4.69, 9.17) is 9.47 Å². The first-order valence-electron chi connectivity index (χ1n) is 6.64. The highest BCUT2D eigenvalue weighted by atomic mass is 28.3. The molecule has 1 aliphatic rings. The van der Waals surface area contributed by atoms with E-state index >= 15 is 0 Å². The minimum Gasteiger partial charge on any atom is -0.444 e. The third kappa shape index (κ3) is 5.35. The van der Waals surface area contributed by atoms with E-state index in [2.05, 4.69) is 31.1 Å². The van der Waals surface area contributed by atoms with Crippen LogP contribution in [-0.4, -0.2) is 49.8 Å². The smallest absolute Gasteiger partial charge is 0.412 e. The van der Waals surface area contributed by atoms with Crippen molar-refractivity contribution in [1.82, 2.24) is 4.90 Å². The van der Waals surface area contributed by atoms with Gasteiger partial charge >= 0.3 is 6.09 Å². The first-order valence-corrected chi connectivity index (χ1v) is 10.1. The normalized spacial score (nSPS) is 19.3. The molecular weight excluding hydrogens is 274 g/mol. The van der Waals surface area contributed by atoms with Gasteiger partial charge in [0.2, 0.25) is 5.78 Å². The number of ketones is 1. The highest BCUT2D eigenvalue weighted by molar-refractivity contribution is 6.84. The van der Waals surface area contributed by atoms with Gasteiger partial charge < -0.3 is 9.47 Å². The number of Topliss-reactive ketones (excluding diaryl/α,β-unsaturated/α-hetero) is 1. The maximum atomic E-state index is 12.1. The molecule has 0 aromatic rings. The average molecular weight is 297 g/mol. The van der Waals surface area contributed by atoms with Crippen LogP contribution < -0.4 is 0 Å². The van der Waals surface area contributed by atoms with Gasteiger partial charge in [-0.3, -0.25) is 9.69 Å². The Bertz CT molecular complexity index is 451. The van der Waals surface area contributed by atoms with Crippen molar-refractivity contribution in [3.05, 3.63) is 0 Å². The quantitative estimate of drug-likeness (QED) is 0.549. The third-order valence-electron chi connectivity index (χ3n) is 2.37. The minimum absolute atomic E-state index is 0.0694. The lowest BCUT2D eigenvalue weighted by Gasteiger charge is -2.25. The van der Waals surface area contributed by atoms with E-state index in [1.54, 1.807) is 20.8 Å². The van der Waals surface area contributed by atoms with Gasteiger partial charge in [0.1, 0.15) is 26.4 Å². The van der Waals surface area contributed by atoms with Crippen LogP contribution in [0.15, 0.2) is 0 Å². The molecule has 1 saturated heterocycles. The van der Waals surface area contributed by atoms with Crippen molar-refractivity contribution >= 4 is 20.0 Å². The lowest BCUT2D eigenvalue weighted by atomic mass is 10.2. The second kappa shape index (κ2) is 5.98. The summed E-state index contributed by atoms with van der Waals surface area (Å²) in [4.78, 5) is 25.4. The van der Waals surface area contributed by atoms with Crippen molar-refractivity contribution in [2.24, 2.45) is 0 Å². The van der Waals surface area contributed by atoms with Crippen molar-refractivity contribution in [3.63, 3.8) is 0 Å². The van der Waals surface area contributed by atoms with Crippen LogP contribution in [0, 0.1) is 11.5 Å². The maximum absolute atomic E-state index is 12.1. The van der Waals surface area contributed by atoms with E-state index < -0.39 is 25.8 Å². The molecule has 0 unspecified atom stereocenters. The fourth-order valence-electron chi connectivity index (χ4n) is 1.49. The van der Waals surface area contributed by atoms with Gasteiger partial charge in [-0.05, 0) is 26.7 Å². The Morgan fingerprint density at radius 2 is 1.90 bits per heavy atom. The van der Waals surface area contributed by atoms with Crippen LogP contribution in [0.2, 0.25) is 19.6 Å². The van der Waals surface area contributed by atoms with Crippen LogP contribution in [0.25, 0.3) is 0 Å². The highest BCUT2D eigenvalue weighted by Gasteiger charge is 2.36. The Hall–Kier alpha value is -1.32. The predicted octanol–water partition coefficient (Wildman–Crippen LogP) is 2.03. The number of carbonyl (C=O) groups is 2. The Kier molecular flexibility index (Phi) is 5.00. The zero-order valence-corrected chi connectivity index (χ0v) is 14.1. The Morgan fingerprint density at radius 1 is 1.30 bits per heavy atom. The molecule has 5 nitrogen and oxygen atoms in total. The molecule has 1 heterocycles. The SMILES string of the molecule is CC(C)(C)OC(=O)N1COC[C@H]1C(=O)C#C[Si](C)(C)C. The molecule has 0 radical (unpaired) electrons. The van der Waals surface area contributed by atoms with E-state index in [9.17, 15) is 9.59 Å². The number of hydrogen-bond acceptors (Lipinski definition) is 4. The lowest BCUT2D eigenvalue weighted by Crippen LogP contribution is -2.44. The van der Waals surface area contributed by atoms with Gasteiger partial charge in [0.05, 0.1) is 6.61 Å². The average Bonchev–Trinajstić information content (AvgIpc) is 2.71. The van der Waals surface area contributed by atoms with E-state index in [0.717, 1.165) is 0 Å². The Morgan fingerprint density at radius 3 is 2.40 bits per heavy atom. The number of ether oxygens (including phenoxy) is 2. The molecule has 0 N–H and O–H groups in total. The number of rotatable bonds is 1. The first kappa shape index (κ1) is 16.7. The van der Waals surface area contributed by atoms with E-state index in [1.165, 1.54) is 4.90 Å². The second-order valence-corrected chi connectivity index (χ2v) is 11.6. The molecule has 0 aromatic carbocycles. The van der Waals surface area contributed by atoms with Crippen LogP contribution in [0.1, 0.15) is 20.8 Å². The van der Waals surface area contributed by atoms with Crippen LogP contribution in [0.5, 0.6) is 0 Å². The van der Waals surface area contributed by atoms with Crippen LogP contribution in [0.4, 0.5) is 4.79 Å². The fraction of sp³-hybridized carbons (Fsp3) is 0.714. The summed E-state index contributed by atoms with van der Waals surface area (Å²) in [5.41, 5.74) is 2.41. The predicted molar refractivity (Wildman–Crippen MR) is 78.8 cm³/mol. The van der Waals surface area contributed by atoms with Gasteiger partial charge in [0, 0.05) is 0 Å². The molecule has 6 heteroatoms. The van der Waals surface area contributed by atoms with Gasteiger partial charge in [0.15, 0.2) is 0 Å². The van der Waals surface area contributed by atoms with E-state index in [-0.39, 0.29) is 19.1 Å². The van der Waals surface area contributed by atoms with Crippen LogP contribution >= 0.6 is 0 Å². The zero-order chi connectivity index (χ0) is 15.6. The lowest BCUT2D eigenvalue weighted by molar-refractivity contribution is -0.117. The number of nitrogens with zero attached hydrogens (tertiary/aromatic N) is 1. The standard InChI is InChI=1S/C14H23NO4Si/c1-14(2,3)19-13(17)15-10-18-9-11(15)12(16)7-8-20(4,5)6/h11H,9-10H2,1-6H3/t11-/m0/s1. The van der Waals surface area contributed by atoms with Gasteiger partial charge in [-0.2, -0.15) is 0 Å². The summed E-state index contributed by atoms with van der Waals surface area (Å²) in [6.07, 6.45) is -0.539. The summed E-state index contributed by atoms with van der Waals surface area (Å²) < 4.78 is 10.5. The minimum atomic E-state index is -1.62. The summed E-state index contributed by atoms with van der Waals surface area (Å²) in [6.45, 7) is 11.8. The molecule has 112 valence electrons. The molecule has 0 saturated carbocycles. The molecule has 1 aliphatic heterocycles. The summed E-state index contributed by atoms with van der Waals surface area (Å²) in [5, 5.41) is 0. The number of amides is 1. The Balaban J connectivity index is 2.77. The molecular formula is C14H23NO4Si. The van der Waals surface area contributed by atoms with Crippen molar-refractivity contribution in [2.75, 3.05) is 13.3 Å². The Labute approximate surface area is 121 Å². The van der Waals surface area contributed by atoms with Gasteiger partial charge in [-0.25, -0.2) is 4.79 Å². The molecule has 20 heavy (non-hydrogen) atoms. The van der Waals surface area contributed by atoms with Gasteiger partial charge in [-0.1, -0.05) is 19.6 Å². The van der Waals surface area contributed by atoms with Crippen molar-refractivity contribution < 1.29 is 19.1 Å². The molecule has 0 aromatic heterocycles. The second-order valence-electron chi connectivity index (χ2n) is 6.83. The molecule has 0 aliphatic carbocycles. The van der Waals surface area contributed by atoms with Gasteiger partial charge in [-0.15, -0.1) is 5.54 Å². The maximum Gasteiger partial charge on any atom is 0.412 e. The topological polar surface area (TPSA) is 55.8 Å². The van der Waals surface area contributed by atoms with Gasteiger partial charge in [0.25, 0.3) is 0 Å². The molecule has 0 spiro atoms. The molecule has 1 rings (SSSR count). The summed E-state index contributed by atoms with van der Waals surface area (Å²) in [5.74, 6) is 2.37. The van der Waals surface area contributed by atoms with E-state index in [1.807, 2.05) is 0 Å². The largest absolute Gasteiger partial charge is 0.444 e. The third-order valence-corrected chi connectivity index (χ3v) is 3.25. The van der Waals surface area contributed by atoms with Crippen LogP contribution in [0.3, 0.4) is 0 Å². The highest BCUT2D eigenvalue weighted by Crippen LogP contribution is 2.16. The summed E-state index contributed by atoms with van der Waals surface area (Å²) in [7, 11) is -1.62.